The Morgan fingerprint density at radius 2 is 2.21 bits per heavy atom. The third-order valence-electron chi connectivity index (χ3n) is 5.28. The lowest BCUT2D eigenvalue weighted by Crippen LogP contribution is -2.44. The van der Waals surface area contributed by atoms with E-state index in [9.17, 15) is 9.59 Å². The molecule has 1 aromatic carbocycles. The summed E-state index contributed by atoms with van der Waals surface area (Å²) >= 11 is 7.34. The number of nitrogens with one attached hydrogen (secondary N) is 1. The van der Waals surface area contributed by atoms with E-state index in [4.69, 9.17) is 11.6 Å². The molecule has 1 aliphatic rings. The van der Waals surface area contributed by atoms with Crippen molar-refractivity contribution in [2.45, 2.75) is 62.5 Å². The van der Waals surface area contributed by atoms with Crippen LogP contribution < -0.4 is 10.9 Å². The van der Waals surface area contributed by atoms with E-state index in [2.05, 4.69) is 23.8 Å². The van der Waals surface area contributed by atoms with Crippen molar-refractivity contribution in [1.29, 1.82) is 0 Å². The molecule has 7 heteroatoms. The summed E-state index contributed by atoms with van der Waals surface area (Å²) in [7, 11) is 0. The number of benzene rings is 1. The van der Waals surface area contributed by atoms with E-state index in [1.54, 1.807) is 28.8 Å². The predicted molar refractivity (Wildman–Crippen MR) is 116 cm³/mol. The van der Waals surface area contributed by atoms with Crippen molar-refractivity contribution in [3.63, 3.8) is 0 Å². The van der Waals surface area contributed by atoms with Gasteiger partial charge in [0.2, 0.25) is 5.91 Å². The van der Waals surface area contributed by atoms with Crippen LogP contribution in [0.4, 0.5) is 0 Å². The van der Waals surface area contributed by atoms with Crippen molar-refractivity contribution in [3.05, 3.63) is 46.2 Å². The van der Waals surface area contributed by atoms with Crippen LogP contribution in [-0.4, -0.2) is 26.8 Å². The number of aromatic nitrogens is 2. The molecule has 3 atom stereocenters. The van der Waals surface area contributed by atoms with E-state index in [1.807, 2.05) is 6.92 Å². The van der Waals surface area contributed by atoms with Gasteiger partial charge in [-0.1, -0.05) is 49.2 Å². The van der Waals surface area contributed by atoms with E-state index < -0.39 is 0 Å². The Hall–Kier alpha value is -1.79. The van der Waals surface area contributed by atoms with Crippen molar-refractivity contribution < 1.29 is 4.79 Å². The summed E-state index contributed by atoms with van der Waals surface area (Å²) in [5.74, 6) is 0.483. The number of carbonyl (C=O) groups is 1. The van der Waals surface area contributed by atoms with Crippen LogP contribution in [-0.2, 0) is 11.3 Å². The summed E-state index contributed by atoms with van der Waals surface area (Å²) in [6.45, 7) is 8.10. The highest BCUT2D eigenvalue weighted by Crippen LogP contribution is 2.26. The third kappa shape index (κ3) is 4.61. The minimum absolute atomic E-state index is 0.0145. The maximum absolute atomic E-state index is 12.9. The molecule has 0 aliphatic heterocycles. The second-order valence-corrected chi connectivity index (χ2v) is 9.14. The first-order chi connectivity index (χ1) is 13.4. The molecule has 150 valence electrons. The lowest BCUT2D eigenvalue weighted by molar-refractivity contribution is -0.121. The van der Waals surface area contributed by atoms with Gasteiger partial charge < -0.3 is 5.32 Å². The van der Waals surface area contributed by atoms with Gasteiger partial charge in [-0.25, -0.2) is 4.98 Å². The van der Waals surface area contributed by atoms with E-state index in [0.717, 1.165) is 19.3 Å². The highest BCUT2D eigenvalue weighted by Gasteiger charge is 2.26. The second kappa shape index (κ2) is 9.14. The minimum atomic E-state index is -0.359. The average molecular weight is 420 g/mol. The topological polar surface area (TPSA) is 64.0 Å². The number of carbonyl (C=O) groups excluding carboxylic acids is 1. The average Bonchev–Trinajstić information content (AvgIpc) is 2.67. The van der Waals surface area contributed by atoms with Gasteiger partial charge in [0, 0.05) is 17.6 Å². The Labute approximate surface area is 174 Å². The number of halogens is 1. The number of allylic oxidation sites excluding steroid dienone is 1. The van der Waals surface area contributed by atoms with Crippen LogP contribution in [0.25, 0.3) is 10.9 Å². The molecule has 2 aromatic rings. The van der Waals surface area contributed by atoms with Gasteiger partial charge in [0.05, 0.1) is 16.2 Å². The van der Waals surface area contributed by atoms with Gasteiger partial charge in [-0.2, -0.15) is 0 Å². The zero-order valence-electron chi connectivity index (χ0n) is 16.3. The third-order valence-corrected chi connectivity index (χ3v) is 6.61. The summed E-state index contributed by atoms with van der Waals surface area (Å²) in [5.41, 5.74) is 0.397. The molecule has 1 aromatic heterocycles. The lowest BCUT2D eigenvalue weighted by Gasteiger charge is -2.30. The van der Waals surface area contributed by atoms with Crippen LogP contribution in [0.5, 0.6) is 0 Å². The monoisotopic (exact) mass is 419 g/mol. The first kappa shape index (κ1) is 20.9. The Bertz CT molecular complexity index is 943. The van der Waals surface area contributed by atoms with Crippen molar-refractivity contribution in [2.75, 3.05) is 0 Å². The maximum atomic E-state index is 12.9. The van der Waals surface area contributed by atoms with Gasteiger partial charge in [-0.05, 0) is 43.9 Å². The Kier molecular flexibility index (Phi) is 6.83. The molecule has 1 N–H and O–H groups in total. The number of hydrogen-bond donors (Lipinski definition) is 1. The standard InChI is InChI=1S/C21H26ClN3O2S/c1-4-11-25-20(27)16-12-15(22)9-10-18(16)24-21(25)28-14(3)19(26)23-17-8-6-5-7-13(17)2/h4,9-10,12-14,17H,1,5-8,11H2,2-3H3,(H,23,26)/t13-,14-,17-/m1/s1. The number of hydrogen-bond acceptors (Lipinski definition) is 4. The summed E-state index contributed by atoms with van der Waals surface area (Å²) in [6, 6.07) is 5.30. The van der Waals surface area contributed by atoms with Crippen LogP contribution in [0.2, 0.25) is 5.02 Å². The molecule has 1 heterocycles. The minimum Gasteiger partial charge on any atom is -0.352 e. The molecule has 0 bridgehead atoms. The highest BCUT2D eigenvalue weighted by atomic mass is 35.5. The predicted octanol–water partition coefficient (Wildman–Crippen LogP) is 4.41. The Morgan fingerprint density at radius 3 is 2.93 bits per heavy atom. The zero-order chi connectivity index (χ0) is 20.3. The summed E-state index contributed by atoms with van der Waals surface area (Å²) in [6.07, 6.45) is 6.22. The fourth-order valence-corrected chi connectivity index (χ4v) is 4.69. The zero-order valence-corrected chi connectivity index (χ0v) is 17.9. The summed E-state index contributed by atoms with van der Waals surface area (Å²) in [5, 5.41) is 4.30. The molecular formula is C21H26ClN3O2S. The number of rotatable bonds is 6. The van der Waals surface area contributed by atoms with E-state index in [-0.39, 0.29) is 22.8 Å². The number of amides is 1. The van der Waals surface area contributed by atoms with E-state index in [0.29, 0.717) is 33.5 Å². The molecule has 1 saturated carbocycles. The lowest BCUT2D eigenvalue weighted by atomic mass is 9.86. The van der Waals surface area contributed by atoms with Gasteiger partial charge in [0.1, 0.15) is 0 Å². The quantitative estimate of drug-likeness (QED) is 0.428. The normalized spacial score (nSPS) is 20.7. The maximum Gasteiger partial charge on any atom is 0.262 e. The van der Waals surface area contributed by atoms with Crippen molar-refractivity contribution in [1.82, 2.24) is 14.9 Å². The molecule has 0 spiro atoms. The number of fused-ring (bicyclic) bond motifs is 1. The SMILES string of the molecule is C=CCn1c(S[C@H](C)C(=O)N[C@@H]2CCCC[C@H]2C)nc2ccc(Cl)cc2c1=O. The largest absolute Gasteiger partial charge is 0.352 e. The molecule has 1 aliphatic carbocycles. The van der Waals surface area contributed by atoms with Gasteiger partial charge in [0.25, 0.3) is 5.56 Å². The van der Waals surface area contributed by atoms with Gasteiger partial charge in [-0.15, -0.1) is 6.58 Å². The molecule has 0 unspecified atom stereocenters. The Balaban J connectivity index is 1.84. The van der Waals surface area contributed by atoms with Crippen LogP contribution in [0.1, 0.15) is 39.5 Å². The van der Waals surface area contributed by atoms with Crippen LogP contribution in [0.3, 0.4) is 0 Å². The molecule has 0 radical (unpaired) electrons. The van der Waals surface area contributed by atoms with Gasteiger partial charge >= 0.3 is 0 Å². The van der Waals surface area contributed by atoms with Crippen molar-refractivity contribution in [3.8, 4) is 0 Å². The fourth-order valence-electron chi connectivity index (χ4n) is 3.60. The summed E-state index contributed by atoms with van der Waals surface area (Å²) < 4.78 is 1.54. The van der Waals surface area contributed by atoms with Gasteiger partial charge in [-0.3, -0.25) is 14.2 Å². The fraction of sp³-hybridized carbons (Fsp3) is 0.476. The first-order valence-corrected chi connectivity index (χ1v) is 10.9. The van der Waals surface area contributed by atoms with E-state index in [1.165, 1.54) is 18.2 Å². The van der Waals surface area contributed by atoms with Gasteiger partial charge in [0.15, 0.2) is 5.16 Å². The van der Waals surface area contributed by atoms with Crippen LogP contribution in [0.15, 0.2) is 40.8 Å². The Morgan fingerprint density at radius 1 is 1.46 bits per heavy atom. The first-order valence-electron chi connectivity index (χ1n) is 9.68. The molecule has 5 nitrogen and oxygen atoms in total. The van der Waals surface area contributed by atoms with Crippen LogP contribution >= 0.6 is 23.4 Å². The second-order valence-electron chi connectivity index (χ2n) is 7.40. The molecular weight excluding hydrogens is 394 g/mol. The summed E-state index contributed by atoms with van der Waals surface area (Å²) in [4.78, 5) is 30.3. The van der Waals surface area contributed by atoms with Crippen LogP contribution in [0, 0.1) is 5.92 Å². The van der Waals surface area contributed by atoms with Crippen molar-refractivity contribution >= 4 is 40.2 Å². The number of nitrogens with zero attached hydrogens (tertiary/aromatic N) is 2. The van der Waals surface area contributed by atoms with E-state index >= 15 is 0 Å². The molecule has 1 amide bonds. The molecule has 28 heavy (non-hydrogen) atoms. The molecule has 1 fully saturated rings. The molecule has 0 saturated heterocycles. The smallest absolute Gasteiger partial charge is 0.262 e. The highest BCUT2D eigenvalue weighted by molar-refractivity contribution is 8.00. The van der Waals surface area contributed by atoms with Crippen molar-refractivity contribution in [2.24, 2.45) is 5.92 Å². The number of thioether (sulfide) groups is 1. The molecule has 3 rings (SSSR count).